The maximum Gasteiger partial charge on any atom is 0.226 e. The zero-order valence-electron chi connectivity index (χ0n) is 12.5. The maximum atomic E-state index is 5.80. The van der Waals surface area contributed by atoms with Crippen LogP contribution in [-0.4, -0.2) is 26.3 Å². The Labute approximate surface area is 119 Å². The summed E-state index contributed by atoms with van der Waals surface area (Å²) in [6, 6.07) is 3.70. The Kier molecular flexibility index (Phi) is 4.55. The number of nitrogens with zero attached hydrogens (tertiary/aromatic N) is 4. The van der Waals surface area contributed by atoms with Crippen LogP contribution in [0.15, 0.2) is 12.1 Å². The molecule has 0 spiro atoms. The summed E-state index contributed by atoms with van der Waals surface area (Å²) in [6.07, 6.45) is 1.81. The van der Waals surface area contributed by atoms with E-state index in [0.29, 0.717) is 11.8 Å². The van der Waals surface area contributed by atoms with E-state index in [1.165, 1.54) is 0 Å². The standard InChI is InChI=1S/C14H21N5O/c1-5-7-15-12-9-13(17-11(6-2)16-12)20-14-8-10(3)18-19(14)4/h8-9H,5-7H2,1-4H3,(H,15,16,17). The highest BCUT2D eigenvalue weighted by Gasteiger charge is 2.09. The Morgan fingerprint density at radius 2 is 2.05 bits per heavy atom. The van der Waals surface area contributed by atoms with Crippen LogP contribution >= 0.6 is 0 Å². The van der Waals surface area contributed by atoms with Gasteiger partial charge >= 0.3 is 0 Å². The Hall–Kier alpha value is -2.11. The molecule has 0 aliphatic rings. The van der Waals surface area contributed by atoms with Crippen LogP contribution < -0.4 is 10.1 Å². The first kappa shape index (κ1) is 14.3. The molecular weight excluding hydrogens is 254 g/mol. The van der Waals surface area contributed by atoms with Gasteiger partial charge in [0.2, 0.25) is 11.8 Å². The number of aryl methyl sites for hydroxylation is 3. The molecule has 0 amide bonds. The van der Waals surface area contributed by atoms with Gasteiger partial charge in [0.1, 0.15) is 11.6 Å². The molecule has 0 aromatic carbocycles. The van der Waals surface area contributed by atoms with E-state index in [1.807, 2.05) is 33.0 Å². The number of hydrogen-bond donors (Lipinski definition) is 1. The monoisotopic (exact) mass is 275 g/mol. The van der Waals surface area contributed by atoms with E-state index in [0.717, 1.165) is 36.7 Å². The normalized spacial score (nSPS) is 10.6. The molecular formula is C14H21N5O. The van der Waals surface area contributed by atoms with Crippen molar-refractivity contribution in [3.8, 4) is 11.8 Å². The third-order valence-corrected chi connectivity index (χ3v) is 2.79. The largest absolute Gasteiger partial charge is 0.421 e. The van der Waals surface area contributed by atoms with Crippen molar-refractivity contribution in [2.24, 2.45) is 7.05 Å². The van der Waals surface area contributed by atoms with Gasteiger partial charge < -0.3 is 10.1 Å². The third-order valence-electron chi connectivity index (χ3n) is 2.79. The van der Waals surface area contributed by atoms with Gasteiger partial charge in [0, 0.05) is 32.1 Å². The molecule has 1 N–H and O–H groups in total. The number of rotatable bonds is 6. The molecule has 0 saturated heterocycles. The molecule has 0 fully saturated rings. The predicted octanol–water partition coefficient (Wildman–Crippen LogP) is 2.70. The lowest BCUT2D eigenvalue weighted by Gasteiger charge is -2.09. The summed E-state index contributed by atoms with van der Waals surface area (Å²) in [4.78, 5) is 8.83. The van der Waals surface area contributed by atoms with E-state index in [2.05, 4.69) is 27.3 Å². The molecule has 2 aromatic heterocycles. The van der Waals surface area contributed by atoms with Crippen molar-refractivity contribution in [1.82, 2.24) is 19.7 Å². The molecule has 2 rings (SSSR count). The molecule has 0 aliphatic heterocycles. The van der Waals surface area contributed by atoms with Gasteiger partial charge in [-0.25, -0.2) is 9.67 Å². The molecule has 6 nitrogen and oxygen atoms in total. The SMILES string of the molecule is CCCNc1cc(Oc2cc(C)nn2C)nc(CC)n1. The molecule has 108 valence electrons. The highest BCUT2D eigenvalue weighted by atomic mass is 16.5. The number of nitrogens with one attached hydrogen (secondary N) is 1. The van der Waals surface area contributed by atoms with Gasteiger partial charge in [-0.15, -0.1) is 0 Å². The van der Waals surface area contributed by atoms with Crippen molar-refractivity contribution in [2.45, 2.75) is 33.6 Å². The predicted molar refractivity (Wildman–Crippen MR) is 78.2 cm³/mol. The molecule has 0 atom stereocenters. The van der Waals surface area contributed by atoms with Crippen LogP contribution in [0, 0.1) is 6.92 Å². The first-order valence-electron chi connectivity index (χ1n) is 6.92. The lowest BCUT2D eigenvalue weighted by molar-refractivity contribution is 0.413. The Morgan fingerprint density at radius 3 is 2.65 bits per heavy atom. The van der Waals surface area contributed by atoms with Gasteiger partial charge in [0.05, 0.1) is 5.69 Å². The minimum absolute atomic E-state index is 0.540. The molecule has 0 bridgehead atoms. The highest BCUT2D eigenvalue weighted by Crippen LogP contribution is 2.22. The number of ether oxygens (including phenoxy) is 1. The second kappa shape index (κ2) is 6.36. The van der Waals surface area contributed by atoms with Gasteiger partial charge in [-0.3, -0.25) is 0 Å². The van der Waals surface area contributed by atoms with Crippen LogP contribution in [0.4, 0.5) is 5.82 Å². The number of anilines is 1. The summed E-state index contributed by atoms with van der Waals surface area (Å²) in [7, 11) is 1.85. The van der Waals surface area contributed by atoms with Gasteiger partial charge in [-0.05, 0) is 13.3 Å². The van der Waals surface area contributed by atoms with Crippen molar-refractivity contribution in [3.63, 3.8) is 0 Å². The van der Waals surface area contributed by atoms with E-state index in [-0.39, 0.29) is 0 Å². The quantitative estimate of drug-likeness (QED) is 0.878. The topological polar surface area (TPSA) is 64.9 Å². The molecule has 0 aliphatic carbocycles. The lowest BCUT2D eigenvalue weighted by atomic mass is 10.4. The fourth-order valence-electron chi connectivity index (χ4n) is 1.82. The van der Waals surface area contributed by atoms with Crippen molar-refractivity contribution >= 4 is 5.82 Å². The van der Waals surface area contributed by atoms with Crippen LogP contribution in [0.5, 0.6) is 11.8 Å². The van der Waals surface area contributed by atoms with Crippen molar-refractivity contribution in [1.29, 1.82) is 0 Å². The average Bonchev–Trinajstić information content (AvgIpc) is 2.74. The molecule has 0 unspecified atom stereocenters. The summed E-state index contributed by atoms with van der Waals surface area (Å²) in [5.41, 5.74) is 0.914. The molecule has 0 radical (unpaired) electrons. The van der Waals surface area contributed by atoms with Gasteiger partial charge in [-0.1, -0.05) is 13.8 Å². The van der Waals surface area contributed by atoms with Crippen LogP contribution in [0.2, 0.25) is 0 Å². The lowest BCUT2D eigenvalue weighted by Crippen LogP contribution is -2.06. The minimum atomic E-state index is 0.540. The summed E-state index contributed by atoms with van der Waals surface area (Å²) >= 11 is 0. The fourth-order valence-corrected chi connectivity index (χ4v) is 1.82. The molecule has 20 heavy (non-hydrogen) atoms. The molecule has 2 heterocycles. The van der Waals surface area contributed by atoms with Crippen molar-refractivity contribution in [3.05, 3.63) is 23.7 Å². The van der Waals surface area contributed by atoms with E-state index in [1.54, 1.807) is 4.68 Å². The summed E-state index contributed by atoms with van der Waals surface area (Å²) < 4.78 is 7.50. The first-order valence-corrected chi connectivity index (χ1v) is 6.92. The van der Waals surface area contributed by atoms with E-state index in [4.69, 9.17) is 4.74 Å². The second-order valence-corrected chi connectivity index (χ2v) is 4.64. The Bertz CT molecular complexity index is 579. The minimum Gasteiger partial charge on any atom is -0.421 e. The van der Waals surface area contributed by atoms with Gasteiger partial charge in [-0.2, -0.15) is 10.1 Å². The molecule has 6 heteroatoms. The van der Waals surface area contributed by atoms with E-state index >= 15 is 0 Å². The fraction of sp³-hybridized carbons (Fsp3) is 0.500. The second-order valence-electron chi connectivity index (χ2n) is 4.64. The third kappa shape index (κ3) is 3.46. The maximum absolute atomic E-state index is 5.80. The average molecular weight is 275 g/mol. The Morgan fingerprint density at radius 1 is 1.25 bits per heavy atom. The molecule has 0 saturated carbocycles. The summed E-state index contributed by atoms with van der Waals surface area (Å²) in [5, 5.41) is 7.52. The zero-order valence-corrected chi connectivity index (χ0v) is 12.5. The highest BCUT2D eigenvalue weighted by molar-refractivity contribution is 5.39. The number of hydrogen-bond acceptors (Lipinski definition) is 5. The summed E-state index contributed by atoms with van der Waals surface area (Å²) in [6.45, 7) is 6.95. The van der Waals surface area contributed by atoms with Crippen LogP contribution in [0.3, 0.4) is 0 Å². The van der Waals surface area contributed by atoms with Gasteiger partial charge in [0.15, 0.2) is 0 Å². The van der Waals surface area contributed by atoms with Crippen LogP contribution in [-0.2, 0) is 13.5 Å². The summed E-state index contributed by atoms with van der Waals surface area (Å²) in [5.74, 6) is 2.77. The van der Waals surface area contributed by atoms with E-state index in [9.17, 15) is 0 Å². The molecule has 2 aromatic rings. The van der Waals surface area contributed by atoms with Crippen molar-refractivity contribution in [2.75, 3.05) is 11.9 Å². The first-order chi connectivity index (χ1) is 9.62. The van der Waals surface area contributed by atoms with Gasteiger partial charge in [0.25, 0.3) is 0 Å². The van der Waals surface area contributed by atoms with Crippen molar-refractivity contribution < 1.29 is 4.74 Å². The Balaban J connectivity index is 2.23. The zero-order chi connectivity index (χ0) is 14.5. The smallest absolute Gasteiger partial charge is 0.226 e. The van der Waals surface area contributed by atoms with E-state index < -0.39 is 0 Å². The number of aromatic nitrogens is 4. The van der Waals surface area contributed by atoms with Crippen LogP contribution in [0.25, 0.3) is 0 Å². The van der Waals surface area contributed by atoms with Crippen LogP contribution in [0.1, 0.15) is 31.8 Å².